The van der Waals surface area contributed by atoms with Crippen molar-refractivity contribution in [1.82, 2.24) is 25.3 Å². The first-order chi connectivity index (χ1) is 22.1. The van der Waals surface area contributed by atoms with E-state index < -0.39 is 21.7 Å². The summed E-state index contributed by atoms with van der Waals surface area (Å²) in [5, 5.41) is 8.99. The van der Waals surface area contributed by atoms with Gasteiger partial charge in [-0.25, -0.2) is 33.2 Å². The Balaban J connectivity index is 1.41. The Labute approximate surface area is 266 Å². The summed E-state index contributed by atoms with van der Waals surface area (Å²) >= 11 is 0. The molecule has 2 aromatic heterocycles. The Hall–Kier alpha value is -3.74. The third-order valence-electron chi connectivity index (χ3n) is 7.61. The summed E-state index contributed by atoms with van der Waals surface area (Å²) in [7, 11) is -2.26. The number of amides is 1. The van der Waals surface area contributed by atoms with Crippen LogP contribution in [0.1, 0.15) is 18.4 Å². The topological polar surface area (TPSA) is 178 Å². The van der Waals surface area contributed by atoms with E-state index in [4.69, 9.17) is 34.1 Å². The van der Waals surface area contributed by atoms with Crippen molar-refractivity contribution in [1.29, 1.82) is 0 Å². The van der Waals surface area contributed by atoms with Crippen LogP contribution in [0.5, 0.6) is 5.88 Å². The van der Waals surface area contributed by atoms with E-state index in [1.807, 2.05) is 4.90 Å². The number of anilines is 2. The summed E-state index contributed by atoms with van der Waals surface area (Å²) in [4.78, 5) is 29.3. The lowest BCUT2D eigenvalue weighted by atomic mass is 10.0. The molecule has 17 heteroatoms. The van der Waals surface area contributed by atoms with Crippen LogP contribution in [0, 0.1) is 5.82 Å². The van der Waals surface area contributed by atoms with Gasteiger partial charge < -0.3 is 23.8 Å². The molecule has 2 aliphatic rings. The van der Waals surface area contributed by atoms with Crippen LogP contribution in [-0.2, 0) is 35.6 Å². The number of nitrogens with zero attached hydrogens (tertiary/aromatic N) is 5. The third kappa shape index (κ3) is 8.74. The van der Waals surface area contributed by atoms with Gasteiger partial charge in [0.05, 0.1) is 57.1 Å². The first kappa shape index (κ1) is 33.6. The second kappa shape index (κ2) is 15.2. The zero-order valence-corrected chi connectivity index (χ0v) is 26.5. The number of sulfonamides is 1. The van der Waals surface area contributed by atoms with Crippen LogP contribution < -0.4 is 19.8 Å². The number of piperidine rings is 1. The van der Waals surface area contributed by atoms with Crippen LogP contribution >= 0.6 is 0 Å². The molecule has 5 rings (SSSR count). The molecule has 0 bridgehead atoms. The van der Waals surface area contributed by atoms with Crippen molar-refractivity contribution in [3.63, 3.8) is 0 Å². The van der Waals surface area contributed by atoms with Crippen LogP contribution in [0.3, 0.4) is 0 Å². The second-order valence-corrected chi connectivity index (χ2v) is 12.8. The number of likely N-dealkylation sites (tertiary alicyclic amines) is 1. The molecule has 15 nitrogen and oxygen atoms in total. The fraction of sp³-hybridized carbons (Fsp3) is 0.517. The first-order valence-corrected chi connectivity index (χ1v) is 16.7. The predicted octanol–water partition coefficient (Wildman–Crippen LogP) is 1.55. The van der Waals surface area contributed by atoms with Gasteiger partial charge in [-0.3, -0.25) is 19.6 Å². The van der Waals surface area contributed by atoms with Gasteiger partial charge in [0.1, 0.15) is 18.1 Å². The average molecular weight is 664 g/mol. The monoisotopic (exact) mass is 663 g/mol. The number of halogens is 1. The van der Waals surface area contributed by atoms with Gasteiger partial charge in [-0.1, -0.05) is 0 Å². The average Bonchev–Trinajstić information content (AvgIpc) is 3.04. The molecular weight excluding hydrogens is 625 g/mol. The number of hydroxylamine groups is 1. The summed E-state index contributed by atoms with van der Waals surface area (Å²) in [5.74, 6) is -0.530. The number of nitrogens with one attached hydrogen (secondary N) is 2. The highest BCUT2D eigenvalue weighted by Gasteiger charge is 2.24. The molecule has 0 unspecified atom stereocenters. The van der Waals surface area contributed by atoms with E-state index in [-0.39, 0.29) is 30.9 Å². The maximum atomic E-state index is 15.3. The number of benzene rings is 1. The van der Waals surface area contributed by atoms with E-state index in [0.717, 1.165) is 19.1 Å². The fourth-order valence-corrected chi connectivity index (χ4v) is 6.01. The number of fused-ring (bicyclic) bond motifs is 1. The largest absolute Gasteiger partial charge is 0.480 e. The van der Waals surface area contributed by atoms with Crippen LogP contribution in [0.2, 0.25) is 0 Å². The standard InChI is InChI=1S/C29H38FN7O8S/c1-42-28-24(35-46(2,40)41)14-19(16-31-28)26-23-15-21(30)13-20(27(23)33-29(32-26)37-7-9-43-10-8-37)17-36-5-3-22(4-6-36)45-12-11-44-18-25(38)34-39/h13-16,22,35,39H,3-12,17-18H2,1-2H3,(H,34,38). The van der Waals surface area contributed by atoms with Crippen molar-refractivity contribution < 1.29 is 41.8 Å². The van der Waals surface area contributed by atoms with E-state index in [2.05, 4.69) is 14.6 Å². The van der Waals surface area contributed by atoms with Crippen molar-refractivity contribution in [3.05, 3.63) is 35.8 Å². The molecule has 0 atom stereocenters. The number of pyridine rings is 1. The van der Waals surface area contributed by atoms with E-state index in [0.29, 0.717) is 86.2 Å². The van der Waals surface area contributed by atoms with Crippen LogP contribution in [0.15, 0.2) is 24.4 Å². The molecule has 3 aromatic rings. The van der Waals surface area contributed by atoms with Crippen LogP contribution in [0.25, 0.3) is 22.2 Å². The van der Waals surface area contributed by atoms with Gasteiger partial charge in [-0.15, -0.1) is 0 Å². The number of aromatic nitrogens is 3. The third-order valence-corrected chi connectivity index (χ3v) is 8.20. The molecule has 3 N–H and O–H groups in total. The number of morpholine rings is 1. The van der Waals surface area contributed by atoms with E-state index in [9.17, 15) is 13.2 Å². The number of hydrogen-bond donors (Lipinski definition) is 3. The lowest BCUT2D eigenvalue weighted by Crippen LogP contribution is -2.38. The molecule has 2 fully saturated rings. The second-order valence-electron chi connectivity index (χ2n) is 11.0. The minimum Gasteiger partial charge on any atom is -0.480 e. The van der Waals surface area contributed by atoms with E-state index in [1.165, 1.54) is 30.9 Å². The molecule has 250 valence electrons. The SMILES string of the molecule is COc1ncc(-c2nc(N3CCOCC3)nc3c(CN4CCC(OCCOCC(=O)NO)CC4)cc(F)cc23)cc1NS(C)(=O)=O. The van der Waals surface area contributed by atoms with Gasteiger partial charge in [0.2, 0.25) is 21.9 Å². The number of hydrogen-bond acceptors (Lipinski definition) is 13. The Morgan fingerprint density at radius 1 is 1.13 bits per heavy atom. The Morgan fingerprint density at radius 2 is 1.89 bits per heavy atom. The van der Waals surface area contributed by atoms with Gasteiger partial charge in [0.25, 0.3) is 5.91 Å². The lowest BCUT2D eigenvalue weighted by molar-refractivity contribution is -0.134. The smallest absolute Gasteiger partial charge is 0.269 e. The number of carbonyl (C=O) groups excluding carboxylic acids is 1. The molecular formula is C29H38FN7O8S. The highest BCUT2D eigenvalue weighted by atomic mass is 32.2. The minimum atomic E-state index is -3.65. The van der Waals surface area contributed by atoms with Crippen molar-refractivity contribution in [2.24, 2.45) is 0 Å². The Kier molecular flexibility index (Phi) is 11.1. The predicted molar refractivity (Wildman–Crippen MR) is 166 cm³/mol. The number of carbonyl (C=O) groups is 1. The van der Waals surface area contributed by atoms with Crippen molar-refractivity contribution in [3.8, 4) is 17.1 Å². The Bertz CT molecular complexity index is 1630. The van der Waals surface area contributed by atoms with Gasteiger partial charge in [-0.05, 0) is 36.6 Å². The highest BCUT2D eigenvalue weighted by Crippen LogP contribution is 2.35. The summed E-state index contributed by atoms with van der Waals surface area (Å²) in [5.41, 5.74) is 3.79. The summed E-state index contributed by atoms with van der Waals surface area (Å²) in [6.45, 7) is 4.37. The van der Waals surface area contributed by atoms with Crippen LogP contribution in [0.4, 0.5) is 16.0 Å². The van der Waals surface area contributed by atoms with Crippen molar-refractivity contribution >= 4 is 38.5 Å². The molecule has 1 aromatic carbocycles. The molecule has 4 heterocycles. The number of rotatable bonds is 13. The maximum Gasteiger partial charge on any atom is 0.269 e. The quantitative estimate of drug-likeness (QED) is 0.136. The zero-order valence-electron chi connectivity index (χ0n) is 25.7. The maximum absolute atomic E-state index is 15.3. The lowest BCUT2D eigenvalue weighted by Gasteiger charge is -2.32. The number of methoxy groups -OCH3 is 1. The molecule has 1 amide bonds. The number of ether oxygens (including phenoxy) is 4. The van der Waals surface area contributed by atoms with Crippen LogP contribution in [-0.4, -0.2) is 118 Å². The molecule has 2 saturated heterocycles. The molecule has 0 spiro atoms. The zero-order chi connectivity index (χ0) is 32.7. The van der Waals surface area contributed by atoms with Crippen molar-refractivity contribution in [2.45, 2.75) is 25.5 Å². The van der Waals surface area contributed by atoms with E-state index >= 15 is 4.39 Å². The summed E-state index contributed by atoms with van der Waals surface area (Å²) in [6.07, 6.45) is 4.09. The van der Waals surface area contributed by atoms with Gasteiger partial charge in [0.15, 0.2) is 0 Å². The minimum absolute atomic E-state index is 0.0231. The first-order valence-electron chi connectivity index (χ1n) is 14.8. The molecule has 0 radical (unpaired) electrons. The molecule has 0 aliphatic carbocycles. The summed E-state index contributed by atoms with van der Waals surface area (Å²) < 4.78 is 63.7. The van der Waals surface area contributed by atoms with Crippen molar-refractivity contribution in [2.75, 3.05) is 82.2 Å². The summed E-state index contributed by atoms with van der Waals surface area (Å²) in [6, 6.07) is 4.45. The van der Waals surface area contributed by atoms with E-state index in [1.54, 1.807) is 6.07 Å². The molecule has 0 saturated carbocycles. The van der Waals surface area contributed by atoms with Gasteiger partial charge >= 0.3 is 0 Å². The normalized spacial score (nSPS) is 16.5. The Morgan fingerprint density at radius 3 is 2.59 bits per heavy atom. The molecule has 46 heavy (non-hydrogen) atoms. The highest BCUT2D eigenvalue weighted by molar-refractivity contribution is 7.92. The fourth-order valence-electron chi connectivity index (χ4n) is 5.46. The van der Waals surface area contributed by atoms with Gasteiger partial charge in [0, 0.05) is 49.9 Å². The van der Waals surface area contributed by atoms with Gasteiger partial charge in [-0.2, -0.15) is 0 Å². The molecule has 2 aliphatic heterocycles.